The van der Waals surface area contributed by atoms with Gasteiger partial charge in [-0.3, -0.25) is 10.1 Å². The predicted molar refractivity (Wildman–Crippen MR) is 97.6 cm³/mol. The van der Waals surface area contributed by atoms with E-state index in [-0.39, 0.29) is 10.6 Å². The lowest BCUT2D eigenvalue weighted by Gasteiger charge is -2.13. The molecule has 0 heterocycles. The average molecular weight is 318 g/mol. The van der Waals surface area contributed by atoms with Crippen LogP contribution in [0.3, 0.4) is 0 Å². The molecule has 3 aromatic carbocycles. The van der Waals surface area contributed by atoms with Crippen LogP contribution in [-0.2, 0) is 6.42 Å². The molecule has 0 amide bonds. The standard InChI is InChI=1S/C20H18N2O2/c1-2-15-14-16(18-10-6-7-11-20(18)22(23)24)12-13-19(15)21-17-8-4-3-5-9-17/h3-14,21H,2H2,1H3. The van der Waals surface area contributed by atoms with E-state index < -0.39 is 0 Å². The summed E-state index contributed by atoms with van der Waals surface area (Å²) in [5.41, 5.74) is 4.79. The third kappa shape index (κ3) is 3.27. The summed E-state index contributed by atoms with van der Waals surface area (Å²) < 4.78 is 0. The van der Waals surface area contributed by atoms with Gasteiger partial charge in [-0.2, -0.15) is 0 Å². The first-order valence-corrected chi connectivity index (χ1v) is 7.88. The van der Waals surface area contributed by atoms with Crippen LogP contribution >= 0.6 is 0 Å². The van der Waals surface area contributed by atoms with E-state index in [9.17, 15) is 10.1 Å². The van der Waals surface area contributed by atoms with E-state index in [1.807, 2.05) is 54.6 Å². The Morgan fingerprint density at radius 3 is 2.38 bits per heavy atom. The molecule has 0 spiro atoms. The van der Waals surface area contributed by atoms with Crippen molar-refractivity contribution in [2.24, 2.45) is 0 Å². The molecule has 0 unspecified atom stereocenters. The lowest BCUT2D eigenvalue weighted by atomic mass is 9.99. The lowest BCUT2D eigenvalue weighted by molar-refractivity contribution is -0.384. The summed E-state index contributed by atoms with van der Waals surface area (Å²) in [7, 11) is 0. The normalized spacial score (nSPS) is 10.4. The summed E-state index contributed by atoms with van der Waals surface area (Å²) in [6.45, 7) is 2.08. The molecule has 0 aromatic heterocycles. The van der Waals surface area contributed by atoms with Crippen LogP contribution in [0, 0.1) is 10.1 Å². The second kappa shape index (κ2) is 6.96. The Labute approximate surface area is 140 Å². The van der Waals surface area contributed by atoms with E-state index in [2.05, 4.69) is 12.2 Å². The Morgan fingerprint density at radius 2 is 1.67 bits per heavy atom. The summed E-state index contributed by atoms with van der Waals surface area (Å²) in [4.78, 5) is 10.9. The van der Waals surface area contributed by atoms with Crippen molar-refractivity contribution in [1.82, 2.24) is 0 Å². The van der Waals surface area contributed by atoms with Gasteiger partial charge >= 0.3 is 0 Å². The maximum absolute atomic E-state index is 11.3. The molecule has 1 N–H and O–H groups in total. The van der Waals surface area contributed by atoms with Gasteiger partial charge in [-0.1, -0.05) is 43.3 Å². The SMILES string of the molecule is CCc1cc(-c2ccccc2[N+](=O)[O-])ccc1Nc1ccccc1. The molecule has 120 valence electrons. The maximum Gasteiger partial charge on any atom is 0.277 e. The molecule has 0 atom stereocenters. The van der Waals surface area contributed by atoms with Crippen LogP contribution in [-0.4, -0.2) is 4.92 Å². The number of anilines is 2. The van der Waals surface area contributed by atoms with Crippen LogP contribution in [0.4, 0.5) is 17.1 Å². The van der Waals surface area contributed by atoms with Gasteiger partial charge in [-0.05, 0) is 47.9 Å². The van der Waals surface area contributed by atoms with Gasteiger partial charge in [0.1, 0.15) is 0 Å². The number of benzene rings is 3. The van der Waals surface area contributed by atoms with E-state index in [1.54, 1.807) is 12.1 Å². The van der Waals surface area contributed by atoms with Gasteiger partial charge in [0.25, 0.3) is 5.69 Å². The van der Waals surface area contributed by atoms with Gasteiger partial charge in [0.2, 0.25) is 0 Å². The first-order valence-electron chi connectivity index (χ1n) is 7.88. The minimum absolute atomic E-state index is 0.128. The van der Waals surface area contributed by atoms with Gasteiger partial charge in [-0.15, -0.1) is 0 Å². The van der Waals surface area contributed by atoms with Crippen LogP contribution in [0.25, 0.3) is 11.1 Å². The fraction of sp³-hybridized carbons (Fsp3) is 0.100. The predicted octanol–water partition coefficient (Wildman–Crippen LogP) is 5.57. The Morgan fingerprint density at radius 1 is 0.958 bits per heavy atom. The number of nitrogens with one attached hydrogen (secondary N) is 1. The largest absolute Gasteiger partial charge is 0.355 e. The van der Waals surface area contributed by atoms with Crippen LogP contribution in [0.1, 0.15) is 12.5 Å². The third-order valence-corrected chi connectivity index (χ3v) is 3.95. The summed E-state index contributed by atoms with van der Waals surface area (Å²) in [6.07, 6.45) is 0.837. The van der Waals surface area contributed by atoms with E-state index in [0.29, 0.717) is 5.56 Å². The highest BCUT2D eigenvalue weighted by Crippen LogP contribution is 2.33. The van der Waals surface area contributed by atoms with Crippen LogP contribution < -0.4 is 5.32 Å². The molecule has 0 aliphatic rings. The Bertz CT molecular complexity index is 861. The van der Waals surface area contributed by atoms with Crippen molar-refractivity contribution >= 4 is 17.1 Å². The van der Waals surface area contributed by atoms with Crippen molar-refractivity contribution in [1.29, 1.82) is 0 Å². The molecule has 0 aliphatic carbocycles. The molecule has 0 aliphatic heterocycles. The molecule has 3 aromatic rings. The van der Waals surface area contributed by atoms with Gasteiger partial charge in [0, 0.05) is 17.4 Å². The number of hydrogen-bond acceptors (Lipinski definition) is 3. The summed E-state index contributed by atoms with van der Waals surface area (Å²) in [5, 5.41) is 14.7. The Balaban J connectivity index is 2.00. The topological polar surface area (TPSA) is 55.2 Å². The Kier molecular flexibility index (Phi) is 4.57. The summed E-state index contributed by atoms with van der Waals surface area (Å²) in [5.74, 6) is 0. The third-order valence-electron chi connectivity index (χ3n) is 3.95. The van der Waals surface area contributed by atoms with Crippen molar-refractivity contribution in [3.63, 3.8) is 0 Å². The number of hydrogen-bond donors (Lipinski definition) is 1. The molecule has 0 saturated carbocycles. The fourth-order valence-electron chi connectivity index (χ4n) is 2.73. The molecule has 3 rings (SSSR count). The molecule has 4 nitrogen and oxygen atoms in total. The molecule has 24 heavy (non-hydrogen) atoms. The van der Waals surface area contributed by atoms with Gasteiger partial charge in [-0.25, -0.2) is 0 Å². The number of rotatable bonds is 5. The Hall–Kier alpha value is -3.14. The smallest absolute Gasteiger partial charge is 0.277 e. The van der Waals surface area contributed by atoms with Gasteiger partial charge in [0.05, 0.1) is 10.5 Å². The second-order valence-electron chi connectivity index (χ2n) is 5.49. The zero-order valence-corrected chi connectivity index (χ0v) is 13.4. The van der Waals surface area contributed by atoms with Crippen molar-refractivity contribution in [3.05, 3.63) is 88.5 Å². The lowest BCUT2D eigenvalue weighted by Crippen LogP contribution is -1.97. The van der Waals surface area contributed by atoms with E-state index in [1.165, 1.54) is 6.07 Å². The van der Waals surface area contributed by atoms with E-state index >= 15 is 0 Å². The zero-order valence-electron chi connectivity index (χ0n) is 13.4. The average Bonchev–Trinajstić information content (AvgIpc) is 2.63. The van der Waals surface area contributed by atoms with Crippen LogP contribution in [0.5, 0.6) is 0 Å². The minimum Gasteiger partial charge on any atom is -0.355 e. The highest BCUT2D eigenvalue weighted by molar-refractivity contribution is 5.77. The number of para-hydroxylation sites is 2. The van der Waals surface area contributed by atoms with Crippen molar-refractivity contribution in [3.8, 4) is 11.1 Å². The second-order valence-corrected chi connectivity index (χ2v) is 5.49. The highest BCUT2D eigenvalue weighted by Gasteiger charge is 2.15. The molecule has 0 saturated heterocycles. The highest BCUT2D eigenvalue weighted by atomic mass is 16.6. The van der Waals surface area contributed by atoms with Crippen LogP contribution in [0.15, 0.2) is 72.8 Å². The number of nitro benzene ring substituents is 1. The summed E-state index contributed by atoms with van der Waals surface area (Å²) >= 11 is 0. The van der Waals surface area contributed by atoms with Crippen molar-refractivity contribution in [2.75, 3.05) is 5.32 Å². The van der Waals surface area contributed by atoms with Crippen molar-refractivity contribution < 1.29 is 4.92 Å². The molecule has 0 bridgehead atoms. The van der Waals surface area contributed by atoms with Crippen molar-refractivity contribution in [2.45, 2.75) is 13.3 Å². The first kappa shape index (κ1) is 15.7. The molecule has 0 fully saturated rings. The number of aryl methyl sites for hydroxylation is 1. The molecular formula is C20H18N2O2. The molecule has 0 radical (unpaired) electrons. The maximum atomic E-state index is 11.3. The van der Waals surface area contributed by atoms with E-state index in [4.69, 9.17) is 0 Å². The number of nitrogens with zero attached hydrogens (tertiary/aromatic N) is 1. The summed E-state index contributed by atoms with van der Waals surface area (Å²) in [6, 6.07) is 22.7. The van der Waals surface area contributed by atoms with Gasteiger partial charge in [0.15, 0.2) is 0 Å². The molecular weight excluding hydrogens is 300 g/mol. The fourth-order valence-corrected chi connectivity index (χ4v) is 2.73. The zero-order chi connectivity index (χ0) is 16.9. The quantitative estimate of drug-likeness (QED) is 0.494. The minimum atomic E-state index is -0.336. The van der Waals surface area contributed by atoms with Gasteiger partial charge < -0.3 is 5.32 Å². The molecule has 4 heteroatoms. The number of nitro groups is 1. The van der Waals surface area contributed by atoms with E-state index in [0.717, 1.165) is 28.9 Å². The monoisotopic (exact) mass is 318 g/mol. The van der Waals surface area contributed by atoms with Crippen LogP contribution in [0.2, 0.25) is 0 Å². The first-order chi connectivity index (χ1) is 11.7.